The Morgan fingerprint density at radius 3 is 2.96 bits per heavy atom. The second-order valence-corrected chi connectivity index (χ2v) is 7.02. The van der Waals surface area contributed by atoms with Crippen LogP contribution in [0.15, 0.2) is 35.5 Å². The van der Waals surface area contributed by atoms with Crippen molar-refractivity contribution in [1.29, 1.82) is 0 Å². The summed E-state index contributed by atoms with van der Waals surface area (Å²) in [6.07, 6.45) is 5.24. The zero-order valence-corrected chi connectivity index (χ0v) is 14.9. The van der Waals surface area contributed by atoms with Crippen molar-refractivity contribution in [3.05, 3.63) is 52.6 Å². The molecule has 1 aromatic carbocycles. The average molecular weight is 368 g/mol. The van der Waals surface area contributed by atoms with E-state index < -0.39 is 11.4 Å². The van der Waals surface area contributed by atoms with Gasteiger partial charge in [-0.3, -0.25) is 13.8 Å². The number of fused-ring (bicyclic) bond motifs is 3. The minimum Gasteiger partial charge on any atom is -0.369 e. The van der Waals surface area contributed by atoms with Crippen molar-refractivity contribution in [3.63, 3.8) is 0 Å². The lowest BCUT2D eigenvalue weighted by Gasteiger charge is -2.19. The first-order valence-corrected chi connectivity index (χ1v) is 8.70. The predicted octanol–water partition coefficient (Wildman–Crippen LogP) is 1.93. The van der Waals surface area contributed by atoms with Crippen molar-refractivity contribution in [2.24, 2.45) is 7.05 Å². The van der Waals surface area contributed by atoms with Gasteiger partial charge < -0.3 is 4.74 Å². The fraction of sp³-hybridized carbons (Fsp3) is 0.333. The molecule has 0 spiro atoms. The molecule has 1 saturated heterocycles. The highest BCUT2D eigenvalue weighted by Crippen LogP contribution is 2.34. The molecule has 138 valence electrons. The standard InChI is InChI=1S/C18H17FN6O2/c1-18(6-3-7-27-18)14-9-25(22-21-14)15-16-23(2)17(26)12-8-11(19)4-5-13(12)24(16)10-20-15/h4-5,8-10H,3,6-7H2,1-2H3. The van der Waals surface area contributed by atoms with Gasteiger partial charge in [0.25, 0.3) is 5.56 Å². The predicted molar refractivity (Wildman–Crippen MR) is 95.4 cm³/mol. The van der Waals surface area contributed by atoms with Crippen LogP contribution in [0.4, 0.5) is 4.39 Å². The van der Waals surface area contributed by atoms with E-state index in [4.69, 9.17) is 4.74 Å². The van der Waals surface area contributed by atoms with Crippen LogP contribution in [-0.2, 0) is 17.4 Å². The molecule has 3 aromatic heterocycles. The number of aryl methyl sites for hydroxylation is 1. The third-order valence-corrected chi connectivity index (χ3v) is 5.27. The van der Waals surface area contributed by atoms with E-state index in [1.54, 1.807) is 34.7 Å². The molecule has 0 N–H and O–H groups in total. The molecule has 0 aliphatic carbocycles. The summed E-state index contributed by atoms with van der Waals surface area (Å²) >= 11 is 0. The lowest BCUT2D eigenvalue weighted by Crippen LogP contribution is -2.21. The number of ether oxygens (including phenoxy) is 1. The Morgan fingerprint density at radius 1 is 1.33 bits per heavy atom. The molecule has 4 aromatic rings. The number of benzene rings is 1. The van der Waals surface area contributed by atoms with Gasteiger partial charge in [-0.25, -0.2) is 9.37 Å². The van der Waals surface area contributed by atoms with Gasteiger partial charge in [0, 0.05) is 13.7 Å². The number of hydrogen-bond donors (Lipinski definition) is 0. The summed E-state index contributed by atoms with van der Waals surface area (Å²) in [5.74, 6) is 0.0196. The van der Waals surface area contributed by atoms with E-state index in [9.17, 15) is 9.18 Å². The monoisotopic (exact) mass is 368 g/mol. The van der Waals surface area contributed by atoms with Gasteiger partial charge >= 0.3 is 0 Å². The topological polar surface area (TPSA) is 79.2 Å². The van der Waals surface area contributed by atoms with Gasteiger partial charge in [0.05, 0.1) is 17.1 Å². The smallest absolute Gasteiger partial charge is 0.261 e. The van der Waals surface area contributed by atoms with Crippen LogP contribution in [0.5, 0.6) is 0 Å². The van der Waals surface area contributed by atoms with Crippen LogP contribution in [0.2, 0.25) is 0 Å². The van der Waals surface area contributed by atoms with Gasteiger partial charge in [-0.15, -0.1) is 5.10 Å². The molecule has 4 heterocycles. The molecule has 1 aliphatic rings. The normalized spacial score (nSPS) is 20.1. The van der Waals surface area contributed by atoms with Crippen LogP contribution < -0.4 is 5.56 Å². The van der Waals surface area contributed by atoms with Crippen LogP contribution in [-0.4, -0.2) is 35.6 Å². The summed E-state index contributed by atoms with van der Waals surface area (Å²) in [6.45, 7) is 2.70. The van der Waals surface area contributed by atoms with Crippen molar-refractivity contribution in [2.75, 3.05) is 6.61 Å². The van der Waals surface area contributed by atoms with Crippen molar-refractivity contribution in [1.82, 2.24) is 28.9 Å². The van der Waals surface area contributed by atoms with E-state index in [-0.39, 0.29) is 5.56 Å². The minimum absolute atomic E-state index is 0.292. The molecule has 9 heteroatoms. The maximum atomic E-state index is 13.6. The lowest BCUT2D eigenvalue weighted by molar-refractivity contribution is 0.0131. The maximum Gasteiger partial charge on any atom is 0.261 e. The quantitative estimate of drug-likeness (QED) is 0.540. The Labute approximate surface area is 152 Å². The number of rotatable bonds is 2. The summed E-state index contributed by atoms with van der Waals surface area (Å²) in [5.41, 5.74) is 1.11. The second kappa shape index (κ2) is 5.46. The Hall–Kier alpha value is -3.07. The Kier molecular flexibility index (Phi) is 3.26. The average Bonchev–Trinajstić information content (AvgIpc) is 3.38. The zero-order valence-electron chi connectivity index (χ0n) is 14.9. The molecule has 1 aliphatic heterocycles. The van der Waals surface area contributed by atoms with Gasteiger partial charge in [-0.05, 0) is 38.0 Å². The largest absolute Gasteiger partial charge is 0.369 e. The van der Waals surface area contributed by atoms with Crippen molar-refractivity contribution in [3.8, 4) is 5.82 Å². The highest BCUT2D eigenvalue weighted by molar-refractivity contribution is 5.82. The molecule has 1 atom stereocenters. The molecular weight excluding hydrogens is 351 g/mol. The lowest BCUT2D eigenvalue weighted by atomic mass is 10.00. The van der Waals surface area contributed by atoms with Gasteiger partial charge in [-0.2, -0.15) is 4.68 Å². The number of imidazole rings is 1. The number of nitrogens with zero attached hydrogens (tertiary/aromatic N) is 6. The van der Waals surface area contributed by atoms with Gasteiger partial charge in [0.1, 0.15) is 23.4 Å². The molecule has 27 heavy (non-hydrogen) atoms. The van der Waals surface area contributed by atoms with Crippen LogP contribution in [0.1, 0.15) is 25.5 Å². The first kappa shape index (κ1) is 16.1. The summed E-state index contributed by atoms with van der Waals surface area (Å²) in [6, 6.07) is 4.14. The summed E-state index contributed by atoms with van der Waals surface area (Å²) < 4.78 is 24.2. The van der Waals surface area contributed by atoms with Gasteiger partial charge in [0.15, 0.2) is 11.5 Å². The highest BCUT2D eigenvalue weighted by atomic mass is 19.1. The molecule has 0 amide bonds. The first-order valence-electron chi connectivity index (χ1n) is 8.70. The SMILES string of the molecule is Cn1c(=O)c2cc(F)ccc2n2cnc(-n3cc(C4(C)CCCO4)nn3)c12. The zero-order chi connectivity index (χ0) is 18.8. The molecule has 0 radical (unpaired) electrons. The van der Waals surface area contributed by atoms with Crippen LogP contribution in [0.25, 0.3) is 22.4 Å². The summed E-state index contributed by atoms with van der Waals surface area (Å²) in [7, 11) is 1.63. The molecule has 5 rings (SSSR count). The van der Waals surface area contributed by atoms with Crippen LogP contribution in [0, 0.1) is 5.82 Å². The maximum absolute atomic E-state index is 13.6. The van der Waals surface area contributed by atoms with E-state index in [2.05, 4.69) is 15.3 Å². The van der Waals surface area contributed by atoms with Gasteiger partial charge in [-0.1, -0.05) is 5.21 Å². The minimum atomic E-state index is -0.454. The molecule has 1 fully saturated rings. The fourth-order valence-corrected chi connectivity index (χ4v) is 3.74. The fourth-order valence-electron chi connectivity index (χ4n) is 3.74. The Balaban J connectivity index is 1.74. The summed E-state index contributed by atoms with van der Waals surface area (Å²) in [4.78, 5) is 17.2. The highest BCUT2D eigenvalue weighted by Gasteiger charge is 2.35. The van der Waals surface area contributed by atoms with E-state index in [1.807, 2.05) is 6.92 Å². The van der Waals surface area contributed by atoms with E-state index >= 15 is 0 Å². The molecule has 0 saturated carbocycles. The third-order valence-electron chi connectivity index (χ3n) is 5.27. The summed E-state index contributed by atoms with van der Waals surface area (Å²) in [5, 5.41) is 8.75. The Bertz CT molecular complexity index is 1250. The number of halogens is 1. The third kappa shape index (κ3) is 2.24. The number of hydrogen-bond acceptors (Lipinski definition) is 5. The number of aromatic nitrogens is 6. The van der Waals surface area contributed by atoms with Crippen molar-refractivity contribution >= 4 is 16.6 Å². The van der Waals surface area contributed by atoms with Gasteiger partial charge in [0.2, 0.25) is 0 Å². The molecular formula is C18H17FN6O2. The van der Waals surface area contributed by atoms with E-state index in [1.165, 1.54) is 16.7 Å². The molecule has 8 nitrogen and oxygen atoms in total. The second-order valence-electron chi connectivity index (χ2n) is 7.02. The van der Waals surface area contributed by atoms with Crippen molar-refractivity contribution in [2.45, 2.75) is 25.4 Å². The van der Waals surface area contributed by atoms with E-state index in [0.717, 1.165) is 18.5 Å². The van der Waals surface area contributed by atoms with Crippen LogP contribution in [0.3, 0.4) is 0 Å². The van der Waals surface area contributed by atoms with E-state index in [0.29, 0.717) is 29.0 Å². The molecule has 1 unspecified atom stereocenters. The van der Waals surface area contributed by atoms with Crippen molar-refractivity contribution < 1.29 is 9.13 Å². The molecule has 0 bridgehead atoms. The Morgan fingerprint density at radius 2 is 2.19 bits per heavy atom. The first-order chi connectivity index (χ1) is 13.0. The van der Waals surface area contributed by atoms with Crippen LogP contribution >= 0.6 is 0 Å².